The van der Waals surface area contributed by atoms with Crippen LogP contribution in [0.2, 0.25) is 0 Å². The van der Waals surface area contributed by atoms with E-state index in [1.54, 1.807) is 6.20 Å². The summed E-state index contributed by atoms with van der Waals surface area (Å²) < 4.78 is 0. The summed E-state index contributed by atoms with van der Waals surface area (Å²) in [6, 6.07) is 15.0. The van der Waals surface area contributed by atoms with Crippen molar-refractivity contribution in [3.05, 3.63) is 60.4 Å². The lowest BCUT2D eigenvalue weighted by molar-refractivity contribution is 0.616. The van der Waals surface area contributed by atoms with Crippen LogP contribution < -0.4 is 5.43 Å². The Labute approximate surface area is 94.7 Å². The van der Waals surface area contributed by atoms with E-state index in [1.165, 1.54) is 5.56 Å². The van der Waals surface area contributed by atoms with Gasteiger partial charge in [-0.05, 0) is 17.7 Å². The Kier molecular flexibility index (Phi) is 2.31. The van der Waals surface area contributed by atoms with Crippen LogP contribution in [0.15, 0.2) is 54.9 Å². The highest BCUT2D eigenvalue weighted by Crippen LogP contribution is 2.34. The fraction of sp³-hybridized carbons (Fsp3) is 0.154. The maximum absolute atomic E-state index is 4.07. The number of hydrazine groups is 1. The van der Waals surface area contributed by atoms with Gasteiger partial charge in [-0.25, -0.2) is 5.01 Å². The van der Waals surface area contributed by atoms with Crippen molar-refractivity contribution < 1.29 is 0 Å². The predicted molar refractivity (Wildman–Crippen MR) is 63.7 cm³/mol. The minimum Gasteiger partial charge on any atom is -0.317 e. The van der Waals surface area contributed by atoms with Gasteiger partial charge >= 0.3 is 0 Å². The number of hydrogen-bond acceptors (Lipinski definition) is 3. The Morgan fingerprint density at radius 1 is 1.12 bits per heavy atom. The maximum Gasteiger partial charge on any atom is 0.0687 e. The minimum absolute atomic E-state index is 0.501. The van der Waals surface area contributed by atoms with Gasteiger partial charge in [0, 0.05) is 12.7 Å². The van der Waals surface area contributed by atoms with E-state index in [0.29, 0.717) is 6.04 Å². The Bertz CT molecular complexity index is 455. The SMILES string of the molecule is c1ccc(C2CN2Nc2cccnc2)cc1. The molecular formula is C13H13N3. The van der Waals surface area contributed by atoms with Gasteiger partial charge in [0.05, 0.1) is 17.9 Å². The summed E-state index contributed by atoms with van der Waals surface area (Å²) in [5.41, 5.74) is 5.74. The molecule has 0 saturated carbocycles. The van der Waals surface area contributed by atoms with Gasteiger partial charge in [0.2, 0.25) is 0 Å². The van der Waals surface area contributed by atoms with Crippen LogP contribution in [-0.2, 0) is 0 Å². The molecular weight excluding hydrogens is 198 g/mol. The topological polar surface area (TPSA) is 27.9 Å². The number of hydrogen-bond donors (Lipinski definition) is 1. The van der Waals surface area contributed by atoms with Crippen LogP contribution in [0.3, 0.4) is 0 Å². The monoisotopic (exact) mass is 211 g/mol. The molecule has 3 heteroatoms. The third kappa shape index (κ3) is 1.90. The molecule has 3 rings (SSSR count). The molecule has 1 saturated heterocycles. The Hall–Kier alpha value is -1.87. The highest BCUT2D eigenvalue weighted by Gasteiger charge is 2.35. The third-order valence-corrected chi connectivity index (χ3v) is 2.73. The largest absolute Gasteiger partial charge is 0.317 e. The number of rotatable bonds is 3. The lowest BCUT2D eigenvalue weighted by Gasteiger charge is -2.07. The van der Waals surface area contributed by atoms with Gasteiger partial charge in [-0.3, -0.25) is 4.98 Å². The quantitative estimate of drug-likeness (QED) is 0.790. The fourth-order valence-corrected chi connectivity index (χ4v) is 1.82. The predicted octanol–water partition coefficient (Wildman–Crippen LogP) is 2.47. The molecule has 80 valence electrons. The van der Waals surface area contributed by atoms with Crippen LogP contribution in [-0.4, -0.2) is 16.5 Å². The van der Waals surface area contributed by atoms with E-state index in [9.17, 15) is 0 Å². The van der Waals surface area contributed by atoms with E-state index in [1.807, 2.05) is 24.4 Å². The molecule has 3 nitrogen and oxygen atoms in total. The molecule has 1 aliphatic heterocycles. The van der Waals surface area contributed by atoms with Crippen LogP contribution >= 0.6 is 0 Å². The first-order valence-corrected chi connectivity index (χ1v) is 5.42. The summed E-state index contributed by atoms with van der Waals surface area (Å²) in [5, 5.41) is 2.20. The van der Waals surface area contributed by atoms with Gasteiger partial charge in [0.15, 0.2) is 0 Å². The van der Waals surface area contributed by atoms with Gasteiger partial charge in [-0.1, -0.05) is 30.3 Å². The highest BCUT2D eigenvalue weighted by molar-refractivity contribution is 5.40. The van der Waals surface area contributed by atoms with E-state index in [-0.39, 0.29) is 0 Å². The molecule has 1 fully saturated rings. The molecule has 0 amide bonds. The van der Waals surface area contributed by atoms with E-state index >= 15 is 0 Å². The second-order valence-corrected chi connectivity index (χ2v) is 3.93. The summed E-state index contributed by atoms with van der Waals surface area (Å²) >= 11 is 0. The van der Waals surface area contributed by atoms with Crippen molar-refractivity contribution in [3.63, 3.8) is 0 Å². The summed E-state index contributed by atoms with van der Waals surface area (Å²) in [4.78, 5) is 4.07. The normalized spacial score (nSPS) is 22.8. The molecule has 0 bridgehead atoms. The first kappa shape index (κ1) is 9.36. The van der Waals surface area contributed by atoms with Crippen LogP contribution in [0.5, 0.6) is 0 Å². The molecule has 0 radical (unpaired) electrons. The Morgan fingerprint density at radius 2 is 2.00 bits per heavy atom. The van der Waals surface area contributed by atoms with Crippen LogP contribution in [0.1, 0.15) is 11.6 Å². The van der Waals surface area contributed by atoms with E-state index in [2.05, 4.69) is 39.7 Å². The number of nitrogens with one attached hydrogen (secondary N) is 1. The number of anilines is 1. The number of aromatic nitrogens is 1. The zero-order valence-corrected chi connectivity index (χ0v) is 8.88. The molecule has 1 aliphatic rings. The van der Waals surface area contributed by atoms with Gasteiger partial charge in [0.1, 0.15) is 0 Å². The zero-order valence-electron chi connectivity index (χ0n) is 8.88. The van der Waals surface area contributed by atoms with Gasteiger partial charge in [-0.2, -0.15) is 0 Å². The van der Waals surface area contributed by atoms with Crippen LogP contribution in [0, 0.1) is 0 Å². The van der Waals surface area contributed by atoms with Crippen LogP contribution in [0.4, 0.5) is 5.69 Å². The number of pyridine rings is 1. The molecule has 1 N–H and O–H groups in total. The molecule has 0 spiro atoms. The summed E-state index contributed by atoms with van der Waals surface area (Å²) in [6.45, 7) is 1.05. The smallest absolute Gasteiger partial charge is 0.0687 e. The highest BCUT2D eigenvalue weighted by atomic mass is 15.6. The van der Waals surface area contributed by atoms with E-state index < -0.39 is 0 Å². The average molecular weight is 211 g/mol. The van der Waals surface area contributed by atoms with Crippen molar-refractivity contribution in [2.24, 2.45) is 0 Å². The maximum atomic E-state index is 4.07. The fourth-order valence-electron chi connectivity index (χ4n) is 1.82. The first-order chi connectivity index (χ1) is 7.93. The molecule has 1 aromatic carbocycles. The van der Waals surface area contributed by atoms with Crippen LogP contribution in [0.25, 0.3) is 0 Å². The van der Waals surface area contributed by atoms with Gasteiger partial charge < -0.3 is 5.43 Å². The number of nitrogens with zero attached hydrogens (tertiary/aromatic N) is 2. The average Bonchev–Trinajstić information content (AvgIpc) is 3.11. The second-order valence-electron chi connectivity index (χ2n) is 3.93. The minimum atomic E-state index is 0.501. The molecule has 0 aliphatic carbocycles. The molecule has 2 aromatic rings. The molecule has 2 heterocycles. The molecule has 2 unspecified atom stereocenters. The molecule has 1 aromatic heterocycles. The lowest BCUT2D eigenvalue weighted by atomic mass is 10.2. The molecule has 2 atom stereocenters. The van der Waals surface area contributed by atoms with Crippen molar-refractivity contribution in [1.82, 2.24) is 9.99 Å². The summed E-state index contributed by atoms with van der Waals surface area (Å²) in [5.74, 6) is 0. The third-order valence-electron chi connectivity index (χ3n) is 2.73. The molecule has 16 heavy (non-hydrogen) atoms. The van der Waals surface area contributed by atoms with Gasteiger partial charge in [0.25, 0.3) is 0 Å². The standard InChI is InChI=1S/C13H13N3/c1-2-5-11(6-3-1)13-10-16(13)15-12-7-4-8-14-9-12/h1-9,13,15H,10H2. The van der Waals surface area contributed by atoms with Crippen molar-refractivity contribution in [2.75, 3.05) is 12.0 Å². The zero-order chi connectivity index (χ0) is 10.8. The van der Waals surface area contributed by atoms with E-state index in [0.717, 1.165) is 12.2 Å². The van der Waals surface area contributed by atoms with Crippen molar-refractivity contribution in [3.8, 4) is 0 Å². The van der Waals surface area contributed by atoms with Gasteiger partial charge in [-0.15, -0.1) is 0 Å². The van der Waals surface area contributed by atoms with Crippen molar-refractivity contribution in [1.29, 1.82) is 0 Å². The van der Waals surface area contributed by atoms with E-state index in [4.69, 9.17) is 0 Å². The Balaban J connectivity index is 1.65. The second kappa shape index (κ2) is 3.94. The summed E-state index contributed by atoms with van der Waals surface area (Å²) in [7, 11) is 0. The van der Waals surface area contributed by atoms with Crippen molar-refractivity contribution >= 4 is 5.69 Å². The Morgan fingerprint density at radius 3 is 2.75 bits per heavy atom. The summed E-state index contributed by atoms with van der Waals surface area (Å²) in [6.07, 6.45) is 3.61. The number of benzene rings is 1. The first-order valence-electron chi connectivity index (χ1n) is 5.42. The van der Waals surface area contributed by atoms with Crippen molar-refractivity contribution in [2.45, 2.75) is 6.04 Å². The lowest BCUT2D eigenvalue weighted by Crippen LogP contribution is -2.08.